The van der Waals surface area contributed by atoms with Gasteiger partial charge in [-0.25, -0.2) is 8.42 Å². The predicted octanol–water partition coefficient (Wildman–Crippen LogP) is 5.67. The highest BCUT2D eigenvalue weighted by Crippen LogP contribution is 2.28. The summed E-state index contributed by atoms with van der Waals surface area (Å²) in [6.07, 6.45) is 6.41. The summed E-state index contributed by atoms with van der Waals surface area (Å²) in [5.41, 5.74) is 0.851. The molecule has 0 bridgehead atoms. The van der Waals surface area contributed by atoms with Crippen molar-refractivity contribution in [2.75, 3.05) is 17.1 Å². The normalized spacial score (nSPS) is 15.2. The number of carbonyl (C=O) groups is 2. The highest BCUT2D eigenvalue weighted by atomic mass is 35.5. The number of halogens is 3. The Bertz CT molecular complexity index is 1220. The first-order valence-electron chi connectivity index (χ1n) is 12.3. The highest BCUT2D eigenvalue weighted by Gasteiger charge is 2.33. The van der Waals surface area contributed by atoms with E-state index in [1.807, 2.05) is 6.92 Å². The number of nitrogens with zero attached hydrogens (tertiary/aromatic N) is 2. The Kier molecular flexibility index (Phi) is 10.5. The summed E-state index contributed by atoms with van der Waals surface area (Å²) in [6, 6.07) is 10.6. The molecule has 0 aliphatic heterocycles. The standard InChI is InChI=1S/C26H32Cl3N3O4S/c1-3-23(26(34)30-19-9-5-4-6-10-19)31(16-18-13-14-20(27)22(29)15-18)25(33)17-32(37(2,35)36)24-12-8-7-11-21(24)28/h7-8,11-15,19,23H,3-6,9-10,16-17H2,1-2H3,(H,30,34). The SMILES string of the molecule is CCC(C(=O)NC1CCCCC1)N(Cc1ccc(Cl)c(Cl)c1)C(=O)CN(c1ccccc1Cl)S(C)(=O)=O. The predicted molar refractivity (Wildman–Crippen MR) is 150 cm³/mol. The average molecular weight is 589 g/mol. The molecular weight excluding hydrogens is 557 g/mol. The largest absolute Gasteiger partial charge is 0.352 e. The Morgan fingerprint density at radius 3 is 2.27 bits per heavy atom. The molecule has 1 aliphatic rings. The second-order valence-electron chi connectivity index (χ2n) is 9.26. The van der Waals surface area contributed by atoms with Gasteiger partial charge in [0.25, 0.3) is 0 Å². The van der Waals surface area contributed by atoms with Crippen LogP contribution in [0.3, 0.4) is 0 Å². The molecule has 1 N–H and O–H groups in total. The van der Waals surface area contributed by atoms with Crippen LogP contribution in [0.15, 0.2) is 42.5 Å². The first-order valence-corrected chi connectivity index (χ1v) is 15.3. The first kappa shape index (κ1) is 29.6. The summed E-state index contributed by atoms with van der Waals surface area (Å²) in [7, 11) is -3.87. The van der Waals surface area contributed by atoms with Crippen LogP contribution < -0.4 is 9.62 Å². The molecule has 2 aromatic carbocycles. The van der Waals surface area contributed by atoms with Crippen molar-refractivity contribution in [2.24, 2.45) is 0 Å². The van der Waals surface area contributed by atoms with E-state index in [-0.39, 0.29) is 29.2 Å². The minimum atomic E-state index is -3.87. The monoisotopic (exact) mass is 587 g/mol. The summed E-state index contributed by atoms with van der Waals surface area (Å²) in [4.78, 5) is 28.6. The fraction of sp³-hybridized carbons (Fsp3) is 0.462. The number of benzene rings is 2. The summed E-state index contributed by atoms with van der Waals surface area (Å²) in [6.45, 7) is 1.35. The Morgan fingerprint density at radius 2 is 1.68 bits per heavy atom. The zero-order valence-electron chi connectivity index (χ0n) is 20.9. The lowest BCUT2D eigenvalue weighted by atomic mass is 9.95. The van der Waals surface area contributed by atoms with Gasteiger partial charge in [0.1, 0.15) is 12.6 Å². The summed E-state index contributed by atoms with van der Waals surface area (Å²) in [5.74, 6) is -0.798. The topological polar surface area (TPSA) is 86.8 Å². The summed E-state index contributed by atoms with van der Waals surface area (Å²) >= 11 is 18.6. The molecule has 0 radical (unpaired) electrons. The molecule has 1 saturated carbocycles. The maximum atomic E-state index is 13.8. The van der Waals surface area contributed by atoms with E-state index in [4.69, 9.17) is 34.8 Å². The average Bonchev–Trinajstić information content (AvgIpc) is 2.85. The van der Waals surface area contributed by atoms with Crippen LogP contribution in [0.5, 0.6) is 0 Å². The van der Waals surface area contributed by atoms with Crippen molar-refractivity contribution in [1.29, 1.82) is 0 Å². The zero-order valence-corrected chi connectivity index (χ0v) is 24.0. The van der Waals surface area contributed by atoms with E-state index >= 15 is 0 Å². The number of anilines is 1. The highest BCUT2D eigenvalue weighted by molar-refractivity contribution is 7.92. The zero-order chi connectivity index (χ0) is 27.2. The van der Waals surface area contributed by atoms with Crippen molar-refractivity contribution in [3.8, 4) is 0 Å². The molecule has 0 heterocycles. The number of hydrogen-bond acceptors (Lipinski definition) is 4. The van der Waals surface area contributed by atoms with Gasteiger partial charge in [0.05, 0.1) is 27.0 Å². The molecule has 37 heavy (non-hydrogen) atoms. The smallest absolute Gasteiger partial charge is 0.244 e. The minimum Gasteiger partial charge on any atom is -0.352 e. The van der Waals surface area contributed by atoms with Gasteiger partial charge < -0.3 is 10.2 Å². The van der Waals surface area contributed by atoms with Crippen molar-refractivity contribution in [3.05, 3.63) is 63.1 Å². The number of nitrogens with one attached hydrogen (secondary N) is 1. The van der Waals surface area contributed by atoms with Crippen LogP contribution >= 0.6 is 34.8 Å². The number of sulfonamides is 1. The molecule has 1 atom stereocenters. The lowest BCUT2D eigenvalue weighted by molar-refractivity contribution is -0.140. The Balaban J connectivity index is 1.94. The number of amides is 2. The maximum Gasteiger partial charge on any atom is 0.244 e. The van der Waals surface area contributed by atoms with E-state index in [2.05, 4.69) is 5.32 Å². The van der Waals surface area contributed by atoms with Gasteiger partial charge in [-0.2, -0.15) is 0 Å². The third kappa shape index (κ3) is 7.99. The lowest BCUT2D eigenvalue weighted by Gasteiger charge is -2.34. The van der Waals surface area contributed by atoms with E-state index in [9.17, 15) is 18.0 Å². The van der Waals surface area contributed by atoms with Crippen LogP contribution in [0.4, 0.5) is 5.69 Å². The van der Waals surface area contributed by atoms with Crippen molar-refractivity contribution in [3.63, 3.8) is 0 Å². The van der Waals surface area contributed by atoms with Crippen molar-refractivity contribution in [2.45, 2.75) is 64.1 Å². The van der Waals surface area contributed by atoms with Gasteiger partial charge in [-0.15, -0.1) is 0 Å². The molecule has 1 fully saturated rings. The molecule has 1 aliphatic carbocycles. The minimum absolute atomic E-state index is 0.0481. The third-order valence-electron chi connectivity index (χ3n) is 6.47. The number of para-hydroxylation sites is 1. The van der Waals surface area contributed by atoms with E-state index in [1.54, 1.807) is 36.4 Å². The van der Waals surface area contributed by atoms with Gasteiger partial charge in [0, 0.05) is 12.6 Å². The number of carbonyl (C=O) groups excluding carboxylic acids is 2. The molecule has 3 rings (SSSR count). The Morgan fingerprint density at radius 1 is 1.00 bits per heavy atom. The second kappa shape index (κ2) is 13.2. The quantitative estimate of drug-likeness (QED) is 0.388. The van der Waals surface area contributed by atoms with E-state index in [0.717, 1.165) is 42.7 Å². The van der Waals surface area contributed by atoms with Crippen molar-refractivity contribution in [1.82, 2.24) is 10.2 Å². The van der Waals surface area contributed by atoms with Crippen LogP contribution in [-0.2, 0) is 26.2 Å². The lowest BCUT2D eigenvalue weighted by Crippen LogP contribution is -2.54. The van der Waals surface area contributed by atoms with Crippen LogP contribution in [0.2, 0.25) is 15.1 Å². The molecule has 0 aromatic heterocycles. The molecule has 202 valence electrons. The maximum absolute atomic E-state index is 13.8. The van der Waals surface area contributed by atoms with Gasteiger partial charge in [-0.3, -0.25) is 13.9 Å². The summed E-state index contributed by atoms with van der Waals surface area (Å²) < 4.78 is 26.4. The number of rotatable bonds is 10. The van der Waals surface area contributed by atoms with E-state index in [1.165, 1.54) is 11.0 Å². The molecule has 2 aromatic rings. The molecule has 0 spiro atoms. The van der Waals surface area contributed by atoms with Gasteiger partial charge in [-0.05, 0) is 49.1 Å². The molecule has 0 saturated heterocycles. The molecular formula is C26H32Cl3N3O4S. The van der Waals surface area contributed by atoms with E-state index in [0.29, 0.717) is 22.0 Å². The van der Waals surface area contributed by atoms with Crippen LogP contribution in [-0.4, -0.2) is 50.0 Å². The molecule has 1 unspecified atom stereocenters. The second-order valence-corrected chi connectivity index (χ2v) is 12.4. The van der Waals surface area contributed by atoms with Crippen molar-refractivity contribution >= 4 is 62.3 Å². The van der Waals surface area contributed by atoms with Gasteiger partial charge in [0.15, 0.2) is 0 Å². The van der Waals surface area contributed by atoms with Crippen LogP contribution in [0.25, 0.3) is 0 Å². The molecule has 2 amide bonds. The summed E-state index contributed by atoms with van der Waals surface area (Å²) in [5, 5.41) is 3.98. The molecule has 7 nitrogen and oxygen atoms in total. The first-order chi connectivity index (χ1) is 17.5. The van der Waals surface area contributed by atoms with Crippen LogP contribution in [0, 0.1) is 0 Å². The number of hydrogen-bond donors (Lipinski definition) is 1. The third-order valence-corrected chi connectivity index (χ3v) is 8.66. The fourth-order valence-corrected chi connectivity index (χ4v) is 6.02. The van der Waals surface area contributed by atoms with Crippen LogP contribution in [0.1, 0.15) is 51.0 Å². The van der Waals surface area contributed by atoms with Gasteiger partial charge >= 0.3 is 0 Å². The Labute approximate surface area is 234 Å². The van der Waals surface area contributed by atoms with Crippen molar-refractivity contribution < 1.29 is 18.0 Å². The fourth-order valence-electron chi connectivity index (χ4n) is 4.55. The molecule has 11 heteroatoms. The Hall–Kier alpha value is -2.00. The van der Waals surface area contributed by atoms with E-state index < -0.39 is 28.5 Å². The van der Waals surface area contributed by atoms with Gasteiger partial charge in [-0.1, -0.05) is 79.2 Å². The van der Waals surface area contributed by atoms with Gasteiger partial charge in [0.2, 0.25) is 21.8 Å².